The average molecular weight is 392 g/mol. The molecule has 0 spiro atoms. The molecule has 0 amide bonds. The van der Waals surface area contributed by atoms with Gasteiger partial charge in [-0.2, -0.15) is 5.10 Å². The van der Waals surface area contributed by atoms with Crippen LogP contribution in [0.15, 0.2) is 35.1 Å². The molecule has 0 aliphatic carbocycles. The first kappa shape index (κ1) is 12.1. The number of halogens is 2. The van der Waals surface area contributed by atoms with Crippen molar-refractivity contribution in [3.05, 3.63) is 44.2 Å². The quantitative estimate of drug-likeness (QED) is 0.815. The first-order chi connectivity index (χ1) is 7.70. The van der Waals surface area contributed by atoms with Crippen LogP contribution in [-0.4, -0.2) is 16.8 Å². The van der Waals surface area contributed by atoms with Crippen LogP contribution in [0.4, 0.5) is 0 Å². The van der Waals surface area contributed by atoms with E-state index in [1.54, 1.807) is 0 Å². The lowest BCUT2D eigenvalue weighted by molar-refractivity contribution is 0.814. The van der Waals surface area contributed by atoms with Gasteiger partial charge in [0.1, 0.15) is 0 Å². The molecule has 0 fully saturated rings. The molecule has 0 atom stereocenters. The van der Waals surface area contributed by atoms with E-state index >= 15 is 0 Å². The van der Waals surface area contributed by atoms with Gasteiger partial charge in [-0.25, -0.2) is 4.68 Å². The minimum atomic E-state index is 0.871. The highest BCUT2D eigenvalue weighted by atomic mass is 127. The Labute approximate surface area is 117 Å². The van der Waals surface area contributed by atoms with Gasteiger partial charge in [0.2, 0.25) is 0 Å². The number of nitrogens with one attached hydrogen (secondary N) is 1. The molecule has 0 bridgehead atoms. The van der Waals surface area contributed by atoms with Crippen LogP contribution in [0.2, 0.25) is 0 Å². The van der Waals surface area contributed by atoms with Crippen molar-refractivity contribution < 1.29 is 0 Å². The second-order valence-electron chi connectivity index (χ2n) is 3.42. The number of benzene rings is 1. The number of hydrogen-bond donors (Lipinski definition) is 1. The Hall–Kier alpha value is -0.400. The molecule has 1 heterocycles. The molecule has 1 aromatic heterocycles. The molecule has 2 aromatic rings. The number of aromatic nitrogens is 2. The van der Waals surface area contributed by atoms with Crippen LogP contribution in [0, 0.1) is 3.57 Å². The van der Waals surface area contributed by atoms with Crippen molar-refractivity contribution in [1.82, 2.24) is 15.1 Å². The summed E-state index contributed by atoms with van der Waals surface area (Å²) in [7, 11) is 1.94. The van der Waals surface area contributed by atoms with Gasteiger partial charge in [-0.3, -0.25) is 0 Å². The largest absolute Gasteiger partial charge is 0.316 e. The minimum absolute atomic E-state index is 0.871. The van der Waals surface area contributed by atoms with Crippen LogP contribution in [0.3, 0.4) is 0 Å². The van der Waals surface area contributed by atoms with Crippen LogP contribution in [0.5, 0.6) is 0 Å². The van der Waals surface area contributed by atoms with Crippen molar-refractivity contribution in [1.29, 1.82) is 0 Å². The third-order valence-electron chi connectivity index (χ3n) is 2.19. The van der Waals surface area contributed by atoms with E-state index < -0.39 is 0 Å². The Morgan fingerprint density at radius 2 is 2.31 bits per heavy atom. The van der Waals surface area contributed by atoms with Crippen molar-refractivity contribution in [2.45, 2.75) is 6.54 Å². The van der Waals surface area contributed by atoms with Crippen molar-refractivity contribution in [2.75, 3.05) is 7.05 Å². The maximum Gasteiger partial charge on any atom is 0.0788 e. The second kappa shape index (κ2) is 5.29. The summed E-state index contributed by atoms with van der Waals surface area (Å²) >= 11 is 5.82. The molecular weight excluding hydrogens is 381 g/mol. The van der Waals surface area contributed by atoms with E-state index in [0.29, 0.717) is 0 Å². The maximum atomic E-state index is 4.29. The maximum absolute atomic E-state index is 4.29. The van der Waals surface area contributed by atoms with Crippen molar-refractivity contribution >= 4 is 38.5 Å². The van der Waals surface area contributed by atoms with Crippen LogP contribution < -0.4 is 5.32 Å². The topological polar surface area (TPSA) is 29.9 Å². The van der Waals surface area contributed by atoms with E-state index in [9.17, 15) is 0 Å². The van der Waals surface area contributed by atoms with Gasteiger partial charge in [-0.15, -0.1) is 0 Å². The molecule has 0 radical (unpaired) electrons. The summed E-state index contributed by atoms with van der Waals surface area (Å²) in [5.74, 6) is 0. The average Bonchev–Trinajstić information content (AvgIpc) is 2.65. The van der Waals surface area contributed by atoms with Gasteiger partial charge >= 0.3 is 0 Å². The second-order valence-corrected chi connectivity index (χ2v) is 5.52. The van der Waals surface area contributed by atoms with Crippen LogP contribution in [0.1, 0.15) is 5.56 Å². The fourth-order valence-corrected chi connectivity index (χ4v) is 2.48. The Morgan fingerprint density at radius 1 is 1.50 bits per heavy atom. The molecule has 16 heavy (non-hydrogen) atoms. The van der Waals surface area contributed by atoms with E-state index in [2.05, 4.69) is 67.1 Å². The van der Waals surface area contributed by atoms with Crippen molar-refractivity contribution in [3.8, 4) is 5.69 Å². The highest BCUT2D eigenvalue weighted by Gasteiger charge is 2.04. The van der Waals surface area contributed by atoms with Gasteiger partial charge in [-0.05, 0) is 63.3 Å². The summed E-state index contributed by atoms with van der Waals surface area (Å²) in [5.41, 5.74) is 2.31. The zero-order chi connectivity index (χ0) is 11.5. The van der Waals surface area contributed by atoms with E-state index in [1.807, 2.05) is 24.1 Å². The molecule has 0 aliphatic rings. The Bertz CT molecular complexity index is 496. The minimum Gasteiger partial charge on any atom is -0.316 e. The fraction of sp³-hybridized carbons (Fsp3) is 0.182. The standard InChI is InChI=1S/C11H11BrIN3/c1-14-5-8-2-3-11(10(12)4-8)16-7-9(13)6-15-16/h2-4,6-7,14H,5H2,1H3. The lowest BCUT2D eigenvalue weighted by Gasteiger charge is -2.07. The zero-order valence-corrected chi connectivity index (χ0v) is 12.5. The Balaban J connectivity index is 2.36. The predicted octanol–water partition coefficient (Wildman–Crippen LogP) is 2.96. The summed E-state index contributed by atoms with van der Waals surface area (Å²) in [6, 6.07) is 6.28. The van der Waals surface area contributed by atoms with Crippen LogP contribution in [-0.2, 0) is 6.54 Å². The van der Waals surface area contributed by atoms with Gasteiger partial charge in [0.05, 0.1) is 15.5 Å². The van der Waals surface area contributed by atoms with Crippen LogP contribution >= 0.6 is 38.5 Å². The van der Waals surface area contributed by atoms with Crippen molar-refractivity contribution in [2.24, 2.45) is 0 Å². The lowest BCUT2D eigenvalue weighted by Crippen LogP contribution is -2.05. The van der Waals surface area contributed by atoms with E-state index in [1.165, 1.54) is 5.56 Å². The predicted molar refractivity (Wildman–Crippen MR) is 76.7 cm³/mol. The first-order valence-corrected chi connectivity index (χ1v) is 6.71. The van der Waals surface area contributed by atoms with Crippen molar-refractivity contribution in [3.63, 3.8) is 0 Å². The smallest absolute Gasteiger partial charge is 0.0788 e. The third kappa shape index (κ3) is 2.64. The number of rotatable bonds is 3. The monoisotopic (exact) mass is 391 g/mol. The lowest BCUT2D eigenvalue weighted by atomic mass is 10.2. The molecule has 0 aliphatic heterocycles. The van der Waals surface area contributed by atoms with E-state index in [0.717, 1.165) is 20.3 Å². The summed E-state index contributed by atoms with van der Waals surface area (Å²) in [6.45, 7) is 0.871. The third-order valence-corrected chi connectivity index (χ3v) is 3.38. The molecule has 0 saturated heterocycles. The van der Waals surface area contributed by atoms with Gasteiger partial charge in [-0.1, -0.05) is 6.07 Å². The first-order valence-electron chi connectivity index (χ1n) is 4.84. The Morgan fingerprint density at radius 3 is 2.88 bits per heavy atom. The summed E-state index contributed by atoms with van der Waals surface area (Å²) < 4.78 is 4.05. The highest BCUT2D eigenvalue weighted by Crippen LogP contribution is 2.22. The molecule has 2 rings (SSSR count). The molecule has 0 unspecified atom stereocenters. The fourth-order valence-electron chi connectivity index (χ4n) is 1.48. The summed E-state index contributed by atoms with van der Waals surface area (Å²) in [6.07, 6.45) is 3.84. The van der Waals surface area contributed by atoms with E-state index in [4.69, 9.17) is 0 Å². The molecule has 84 valence electrons. The highest BCUT2D eigenvalue weighted by molar-refractivity contribution is 14.1. The molecular formula is C11H11BrIN3. The SMILES string of the molecule is CNCc1ccc(-n2cc(I)cn2)c(Br)c1. The molecule has 0 saturated carbocycles. The van der Waals surface area contributed by atoms with Crippen LogP contribution in [0.25, 0.3) is 5.69 Å². The number of nitrogens with zero attached hydrogens (tertiary/aromatic N) is 2. The molecule has 3 nitrogen and oxygen atoms in total. The van der Waals surface area contributed by atoms with Gasteiger partial charge in [0.25, 0.3) is 0 Å². The number of hydrogen-bond acceptors (Lipinski definition) is 2. The van der Waals surface area contributed by atoms with Gasteiger partial charge in [0.15, 0.2) is 0 Å². The molecule has 1 aromatic carbocycles. The zero-order valence-electron chi connectivity index (χ0n) is 8.74. The molecule has 5 heteroatoms. The Kier molecular flexibility index (Phi) is 3.99. The van der Waals surface area contributed by atoms with E-state index in [-0.39, 0.29) is 0 Å². The van der Waals surface area contributed by atoms with Gasteiger partial charge < -0.3 is 5.32 Å². The molecule has 1 N–H and O–H groups in total. The summed E-state index contributed by atoms with van der Waals surface area (Å²) in [5, 5.41) is 7.42. The van der Waals surface area contributed by atoms with Gasteiger partial charge in [0, 0.05) is 17.2 Å². The normalized spacial score (nSPS) is 10.7. The summed E-state index contributed by atoms with van der Waals surface area (Å²) in [4.78, 5) is 0.